The van der Waals surface area contributed by atoms with Gasteiger partial charge >= 0.3 is 0 Å². The van der Waals surface area contributed by atoms with E-state index in [0.717, 1.165) is 15.1 Å². The zero-order chi connectivity index (χ0) is 8.43. The molecular formula is C7H10IN2P. The molecule has 11 heavy (non-hydrogen) atoms. The van der Waals surface area contributed by atoms with E-state index in [-0.39, 0.29) is 0 Å². The van der Waals surface area contributed by atoms with Gasteiger partial charge in [0.2, 0.25) is 0 Å². The van der Waals surface area contributed by atoms with Gasteiger partial charge in [0, 0.05) is 5.69 Å². The van der Waals surface area contributed by atoms with Crippen LogP contribution in [0.1, 0.15) is 11.3 Å². The van der Waals surface area contributed by atoms with E-state index in [0.29, 0.717) is 0 Å². The summed E-state index contributed by atoms with van der Waals surface area (Å²) in [6.07, 6.45) is 0. The summed E-state index contributed by atoms with van der Waals surface area (Å²) in [6, 6.07) is 2.12. The van der Waals surface area contributed by atoms with Crippen LogP contribution in [-0.2, 0) is 0 Å². The molecule has 0 radical (unpaired) electrons. The monoisotopic (exact) mass is 280 g/mol. The van der Waals surface area contributed by atoms with E-state index >= 15 is 0 Å². The van der Waals surface area contributed by atoms with Gasteiger partial charge in [0.1, 0.15) is 5.82 Å². The Balaban J connectivity index is 3.21. The molecule has 1 aromatic rings. The Morgan fingerprint density at radius 2 is 2.18 bits per heavy atom. The molecule has 1 rings (SSSR count). The van der Waals surface area contributed by atoms with Gasteiger partial charge in [-0.1, -0.05) is 0 Å². The molecule has 1 aromatic heterocycles. The number of aryl methyl sites for hydroxylation is 2. The van der Waals surface area contributed by atoms with E-state index in [1.807, 2.05) is 6.92 Å². The Bertz CT molecular complexity index is 275. The van der Waals surface area contributed by atoms with E-state index in [1.54, 1.807) is 0 Å². The molecule has 0 saturated heterocycles. The van der Waals surface area contributed by atoms with Gasteiger partial charge in [-0.15, -0.1) is 0 Å². The van der Waals surface area contributed by atoms with Crippen molar-refractivity contribution in [1.82, 2.24) is 4.98 Å². The number of hydrogen-bond donors (Lipinski definition) is 1. The fraction of sp³-hybridized carbons (Fsp3) is 0.286. The van der Waals surface area contributed by atoms with Crippen molar-refractivity contribution in [2.45, 2.75) is 13.8 Å². The SMILES string of the molecule is Cc1cc(I)c(NP)nc1C. The van der Waals surface area contributed by atoms with Gasteiger partial charge in [0.25, 0.3) is 0 Å². The van der Waals surface area contributed by atoms with Crippen LogP contribution >= 0.6 is 32.0 Å². The smallest absolute Gasteiger partial charge is 0.142 e. The number of rotatable bonds is 1. The summed E-state index contributed by atoms with van der Waals surface area (Å²) >= 11 is 2.26. The summed E-state index contributed by atoms with van der Waals surface area (Å²) in [5.74, 6) is 0.929. The minimum atomic E-state index is 0.929. The summed E-state index contributed by atoms with van der Waals surface area (Å²) in [4.78, 5) is 4.35. The van der Waals surface area contributed by atoms with Gasteiger partial charge in [-0.2, -0.15) is 0 Å². The zero-order valence-corrected chi connectivity index (χ0v) is 9.79. The minimum absolute atomic E-state index is 0.929. The van der Waals surface area contributed by atoms with Crippen LogP contribution in [0.3, 0.4) is 0 Å². The molecule has 0 aliphatic carbocycles. The molecule has 0 aromatic carbocycles. The van der Waals surface area contributed by atoms with Crippen LogP contribution in [0.4, 0.5) is 5.82 Å². The van der Waals surface area contributed by atoms with Gasteiger partial charge in [0.15, 0.2) is 0 Å². The third-order valence-electron chi connectivity index (χ3n) is 1.56. The number of aromatic nitrogens is 1. The number of nitrogens with zero attached hydrogens (tertiary/aromatic N) is 1. The maximum Gasteiger partial charge on any atom is 0.142 e. The molecule has 1 N–H and O–H groups in total. The van der Waals surface area contributed by atoms with Crippen LogP contribution in [-0.4, -0.2) is 4.98 Å². The molecule has 0 fully saturated rings. The van der Waals surface area contributed by atoms with E-state index in [1.165, 1.54) is 5.56 Å². The fourth-order valence-corrected chi connectivity index (χ4v) is 2.03. The first-order valence-corrected chi connectivity index (χ1v) is 4.91. The van der Waals surface area contributed by atoms with Crippen molar-refractivity contribution < 1.29 is 0 Å². The maximum atomic E-state index is 4.35. The van der Waals surface area contributed by atoms with E-state index < -0.39 is 0 Å². The fourth-order valence-electron chi connectivity index (χ4n) is 0.773. The van der Waals surface area contributed by atoms with E-state index in [2.05, 4.69) is 55.0 Å². The number of pyridine rings is 1. The second-order valence-corrected chi connectivity index (χ2v) is 3.82. The van der Waals surface area contributed by atoms with Crippen molar-refractivity contribution >= 4 is 37.8 Å². The molecule has 4 heteroatoms. The van der Waals surface area contributed by atoms with Crippen molar-refractivity contribution in [2.75, 3.05) is 5.09 Å². The second-order valence-electron chi connectivity index (χ2n) is 2.37. The Kier molecular flexibility index (Phi) is 3.07. The van der Waals surface area contributed by atoms with Crippen LogP contribution in [0.5, 0.6) is 0 Å². The predicted octanol–water partition coefficient (Wildman–Crippen LogP) is 2.51. The lowest BCUT2D eigenvalue weighted by Gasteiger charge is -2.05. The molecule has 0 bridgehead atoms. The molecule has 0 spiro atoms. The van der Waals surface area contributed by atoms with Crippen LogP contribution in [0.15, 0.2) is 6.07 Å². The lowest BCUT2D eigenvalue weighted by Crippen LogP contribution is -1.94. The van der Waals surface area contributed by atoms with Crippen LogP contribution in [0.2, 0.25) is 0 Å². The molecule has 0 amide bonds. The van der Waals surface area contributed by atoms with Crippen molar-refractivity contribution in [3.8, 4) is 0 Å². The van der Waals surface area contributed by atoms with Crippen LogP contribution < -0.4 is 5.09 Å². The van der Waals surface area contributed by atoms with Crippen LogP contribution in [0, 0.1) is 17.4 Å². The third-order valence-corrected chi connectivity index (χ3v) is 2.65. The molecule has 0 saturated carbocycles. The maximum absolute atomic E-state index is 4.35. The van der Waals surface area contributed by atoms with Gasteiger partial charge in [-0.05, 0) is 57.5 Å². The first-order chi connectivity index (χ1) is 5.15. The Morgan fingerprint density at radius 1 is 1.55 bits per heavy atom. The van der Waals surface area contributed by atoms with E-state index in [9.17, 15) is 0 Å². The highest BCUT2D eigenvalue weighted by Gasteiger charge is 2.01. The summed E-state index contributed by atoms with van der Waals surface area (Å²) in [6.45, 7) is 4.08. The number of anilines is 1. The third kappa shape index (κ3) is 2.03. The molecule has 2 nitrogen and oxygen atoms in total. The molecule has 0 aliphatic heterocycles. The summed E-state index contributed by atoms with van der Waals surface area (Å²) in [5.41, 5.74) is 2.31. The van der Waals surface area contributed by atoms with Gasteiger partial charge in [-0.3, -0.25) is 0 Å². The summed E-state index contributed by atoms with van der Waals surface area (Å²) in [7, 11) is 2.45. The molecular weight excluding hydrogens is 270 g/mol. The van der Waals surface area contributed by atoms with Crippen molar-refractivity contribution in [3.05, 3.63) is 20.9 Å². The van der Waals surface area contributed by atoms with Gasteiger partial charge in [-0.25, -0.2) is 4.98 Å². The summed E-state index contributed by atoms with van der Waals surface area (Å²) < 4.78 is 1.15. The molecule has 0 aliphatic rings. The highest BCUT2D eigenvalue weighted by Crippen LogP contribution is 2.19. The molecule has 1 unspecified atom stereocenters. The lowest BCUT2D eigenvalue weighted by atomic mass is 10.2. The van der Waals surface area contributed by atoms with E-state index in [4.69, 9.17) is 0 Å². The number of hydrogen-bond acceptors (Lipinski definition) is 2. The van der Waals surface area contributed by atoms with Crippen LogP contribution in [0.25, 0.3) is 0 Å². The van der Waals surface area contributed by atoms with Crippen molar-refractivity contribution in [3.63, 3.8) is 0 Å². The summed E-state index contributed by atoms with van der Waals surface area (Å²) in [5, 5.41) is 2.96. The highest BCUT2D eigenvalue weighted by molar-refractivity contribution is 14.1. The quantitative estimate of drug-likeness (QED) is 0.631. The first-order valence-electron chi connectivity index (χ1n) is 3.25. The largest absolute Gasteiger partial charge is 0.354 e. The predicted molar refractivity (Wildman–Crippen MR) is 59.8 cm³/mol. The second kappa shape index (κ2) is 3.68. The Labute approximate surface area is 82.6 Å². The molecule has 60 valence electrons. The number of halogens is 1. The van der Waals surface area contributed by atoms with Gasteiger partial charge < -0.3 is 5.09 Å². The normalized spacial score (nSPS) is 9.82. The lowest BCUT2D eigenvalue weighted by molar-refractivity contribution is 1.15. The molecule has 1 atom stereocenters. The minimum Gasteiger partial charge on any atom is -0.354 e. The average Bonchev–Trinajstić information content (AvgIpc) is 1.97. The Morgan fingerprint density at radius 3 is 2.73 bits per heavy atom. The van der Waals surface area contributed by atoms with Crippen molar-refractivity contribution in [2.24, 2.45) is 0 Å². The average molecular weight is 280 g/mol. The topological polar surface area (TPSA) is 24.9 Å². The Hall–Kier alpha value is 0.110. The van der Waals surface area contributed by atoms with Gasteiger partial charge in [0.05, 0.1) is 3.57 Å². The zero-order valence-electron chi connectivity index (χ0n) is 6.48. The first kappa shape index (κ1) is 9.20. The number of nitrogens with one attached hydrogen (secondary N) is 1. The van der Waals surface area contributed by atoms with Crippen molar-refractivity contribution in [1.29, 1.82) is 0 Å². The molecule has 1 heterocycles. The standard InChI is InChI=1S/C7H10IN2P/c1-4-3-6(8)7(10-11)9-5(4)2/h3H,11H2,1-2H3,(H,9,10). The highest BCUT2D eigenvalue weighted by atomic mass is 127.